The quantitative estimate of drug-likeness (QED) is 0.626. The molecule has 5 nitrogen and oxygen atoms in total. The minimum absolute atomic E-state index is 0.0730. The van der Waals surface area contributed by atoms with Crippen LogP contribution in [-0.4, -0.2) is 10.0 Å². The van der Waals surface area contributed by atoms with Gasteiger partial charge in [0.05, 0.1) is 10.6 Å². The van der Waals surface area contributed by atoms with E-state index >= 15 is 0 Å². The highest BCUT2D eigenvalue weighted by Gasteiger charge is 2.16. The summed E-state index contributed by atoms with van der Waals surface area (Å²) in [6, 6.07) is 10.0. The van der Waals surface area contributed by atoms with E-state index in [9.17, 15) is 15.2 Å². The number of halogens is 1. The van der Waals surface area contributed by atoms with E-state index in [-0.39, 0.29) is 17.5 Å². The van der Waals surface area contributed by atoms with E-state index < -0.39 is 4.92 Å². The summed E-state index contributed by atoms with van der Waals surface area (Å²) in [5, 5.41) is 23.7. The number of aromatic hydroxyl groups is 1. The first kappa shape index (κ1) is 15.3. The zero-order valence-electron chi connectivity index (χ0n) is 11.6. The van der Waals surface area contributed by atoms with E-state index in [1.165, 1.54) is 6.07 Å². The summed E-state index contributed by atoms with van der Waals surface area (Å²) in [7, 11) is 0. The van der Waals surface area contributed by atoms with Gasteiger partial charge >= 0.3 is 0 Å². The zero-order valence-corrected chi connectivity index (χ0v) is 13.2. The third kappa shape index (κ3) is 3.52. The molecular weight excluding hydrogens is 336 g/mol. The molecule has 2 aromatic rings. The van der Waals surface area contributed by atoms with Gasteiger partial charge in [0.2, 0.25) is 0 Å². The summed E-state index contributed by atoms with van der Waals surface area (Å²) in [5.74, 6) is 0.190. The van der Waals surface area contributed by atoms with E-state index in [4.69, 9.17) is 0 Å². The van der Waals surface area contributed by atoms with Crippen molar-refractivity contribution in [1.82, 2.24) is 0 Å². The number of benzene rings is 2. The molecule has 0 aromatic heterocycles. The van der Waals surface area contributed by atoms with Crippen LogP contribution < -0.4 is 5.32 Å². The first-order valence-electron chi connectivity index (χ1n) is 6.38. The van der Waals surface area contributed by atoms with Gasteiger partial charge in [-0.05, 0) is 53.5 Å². The second kappa shape index (κ2) is 6.13. The number of nitro benzene ring substituents is 1. The highest BCUT2D eigenvalue weighted by molar-refractivity contribution is 9.10. The largest absolute Gasteiger partial charge is 0.508 e. The molecule has 0 aliphatic heterocycles. The number of anilines is 1. The molecule has 0 heterocycles. The standard InChI is InChI=1S/C15H15BrN2O3/c1-9-6-13(16)14(8-15(9)18(20)21)17-10(2)11-4-3-5-12(19)7-11/h3-8,10,17,19H,1-2H3. The molecule has 2 aromatic carbocycles. The van der Waals surface area contributed by atoms with Crippen molar-refractivity contribution in [3.8, 4) is 5.75 Å². The average Bonchev–Trinajstić information content (AvgIpc) is 2.41. The van der Waals surface area contributed by atoms with Gasteiger partial charge in [-0.2, -0.15) is 0 Å². The van der Waals surface area contributed by atoms with Crippen LogP contribution in [0, 0.1) is 17.0 Å². The summed E-state index contributed by atoms with van der Waals surface area (Å²) in [5.41, 5.74) is 2.21. The van der Waals surface area contributed by atoms with Crippen molar-refractivity contribution in [2.24, 2.45) is 0 Å². The molecule has 1 unspecified atom stereocenters. The average molecular weight is 351 g/mol. The lowest BCUT2D eigenvalue weighted by atomic mass is 10.1. The zero-order chi connectivity index (χ0) is 15.6. The number of hydrogen-bond acceptors (Lipinski definition) is 4. The van der Waals surface area contributed by atoms with E-state index in [0.717, 1.165) is 10.0 Å². The molecular formula is C15H15BrN2O3. The Morgan fingerprint density at radius 1 is 1.33 bits per heavy atom. The molecule has 0 fully saturated rings. The first-order valence-corrected chi connectivity index (χ1v) is 7.18. The Labute approximate surface area is 130 Å². The van der Waals surface area contributed by atoms with Crippen molar-refractivity contribution in [2.75, 3.05) is 5.32 Å². The maximum Gasteiger partial charge on any atom is 0.274 e. The van der Waals surface area contributed by atoms with Crippen LogP contribution >= 0.6 is 15.9 Å². The van der Waals surface area contributed by atoms with Crippen molar-refractivity contribution >= 4 is 27.3 Å². The summed E-state index contributed by atoms with van der Waals surface area (Å²) in [6.45, 7) is 3.62. The topological polar surface area (TPSA) is 75.4 Å². The predicted molar refractivity (Wildman–Crippen MR) is 85.7 cm³/mol. The third-order valence-electron chi connectivity index (χ3n) is 3.22. The van der Waals surface area contributed by atoms with Crippen molar-refractivity contribution in [1.29, 1.82) is 0 Å². The molecule has 2 N–H and O–H groups in total. The van der Waals surface area contributed by atoms with E-state index in [1.807, 2.05) is 13.0 Å². The van der Waals surface area contributed by atoms with Crippen LogP contribution in [0.25, 0.3) is 0 Å². The summed E-state index contributed by atoms with van der Waals surface area (Å²) in [4.78, 5) is 10.6. The molecule has 0 saturated carbocycles. The molecule has 0 amide bonds. The van der Waals surface area contributed by atoms with Gasteiger partial charge in [-0.3, -0.25) is 10.1 Å². The van der Waals surface area contributed by atoms with Crippen molar-refractivity contribution < 1.29 is 10.0 Å². The lowest BCUT2D eigenvalue weighted by molar-refractivity contribution is -0.385. The van der Waals surface area contributed by atoms with E-state index in [2.05, 4.69) is 21.2 Å². The number of rotatable bonds is 4. The number of nitrogens with one attached hydrogen (secondary N) is 1. The molecule has 1 atom stereocenters. The van der Waals surface area contributed by atoms with Crippen LogP contribution in [0.2, 0.25) is 0 Å². The van der Waals surface area contributed by atoms with Gasteiger partial charge in [-0.25, -0.2) is 0 Å². The molecule has 0 aliphatic carbocycles. The highest BCUT2D eigenvalue weighted by atomic mass is 79.9. The molecule has 21 heavy (non-hydrogen) atoms. The van der Waals surface area contributed by atoms with Crippen molar-refractivity contribution in [3.05, 3.63) is 62.1 Å². The van der Waals surface area contributed by atoms with Crippen molar-refractivity contribution in [2.45, 2.75) is 19.9 Å². The Balaban J connectivity index is 2.31. The molecule has 0 spiro atoms. The minimum atomic E-state index is -0.397. The van der Waals surface area contributed by atoms with Crippen LogP contribution in [0.5, 0.6) is 5.75 Å². The second-order valence-electron chi connectivity index (χ2n) is 4.84. The number of phenols is 1. The molecule has 0 aliphatic rings. The Morgan fingerprint density at radius 2 is 2.05 bits per heavy atom. The highest BCUT2D eigenvalue weighted by Crippen LogP contribution is 2.33. The lowest BCUT2D eigenvalue weighted by Gasteiger charge is -2.17. The monoisotopic (exact) mass is 350 g/mol. The summed E-state index contributed by atoms with van der Waals surface area (Å²) in [6.07, 6.45) is 0. The Kier molecular flexibility index (Phi) is 4.47. The fraction of sp³-hybridized carbons (Fsp3) is 0.200. The van der Waals surface area contributed by atoms with Gasteiger partial charge in [0.15, 0.2) is 0 Å². The number of nitro groups is 1. The van der Waals surface area contributed by atoms with Gasteiger partial charge < -0.3 is 10.4 Å². The molecule has 110 valence electrons. The minimum Gasteiger partial charge on any atom is -0.508 e. The number of hydrogen-bond donors (Lipinski definition) is 2. The summed E-state index contributed by atoms with van der Waals surface area (Å²) < 4.78 is 0.762. The van der Waals surface area contributed by atoms with Gasteiger partial charge in [0, 0.05) is 22.1 Å². The van der Waals surface area contributed by atoms with Gasteiger partial charge in [0.1, 0.15) is 5.75 Å². The van der Waals surface area contributed by atoms with Crippen LogP contribution in [0.3, 0.4) is 0 Å². The lowest BCUT2D eigenvalue weighted by Crippen LogP contribution is -2.07. The maximum atomic E-state index is 11.0. The molecule has 0 saturated heterocycles. The third-order valence-corrected chi connectivity index (χ3v) is 3.88. The normalized spacial score (nSPS) is 12.0. The Morgan fingerprint density at radius 3 is 2.67 bits per heavy atom. The fourth-order valence-electron chi connectivity index (χ4n) is 2.08. The van der Waals surface area contributed by atoms with Gasteiger partial charge in [-0.15, -0.1) is 0 Å². The van der Waals surface area contributed by atoms with Crippen molar-refractivity contribution in [3.63, 3.8) is 0 Å². The van der Waals surface area contributed by atoms with E-state index in [1.54, 1.807) is 31.2 Å². The maximum absolute atomic E-state index is 11.0. The molecule has 0 bridgehead atoms. The molecule has 2 rings (SSSR count). The van der Waals surface area contributed by atoms with Crippen LogP contribution in [0.4, 0.5) is 11.4 Å². The van der Waals surface area contributed by atoms with Crippen LogP contribution in [0.15, 0.2) is 40.9 Å². The number of nitrogens with zero attached hydrogens (tertiary/aromatic N) is 1. The van der Waals surface area contributed by atoms with Gasteiger partial charge in [0.25, 0.3) is 5.69 Å². The fourth-order valence-corrected chi connectivity index (χ4v) is 2.65. The second-order valence-corrected chi connectivity index (χ2v) is 5.69. The van der Waals surface area contributed by atoms with Crippen LogP contribution in [0.1, 0.15) is 24.1 Å². The molecule has 0 radical (unpaired) electrons. The van der Waals surface area contributed by atoms with E-state index in [0.29, 0.717) is 11.3 Å². The smallest absolute Gasteiger partial charge is 0.274 e. The number of phenolic OH excluding ortho intramolecular Hbond substituents is 1. The Hall–Kier alpha value is -2.08. The SMILES string of the molecule is Cc1cc(Br)c(NC(C)c2cccc(O)c2)cc1[N+](=O)[O-]. The van der Waals surface area contributed by atoms with Crippen LogP contribution in [-0.2, 0) is 0 Å². The summed E-state index contributed by atoms with van der Waals surface area (Å²) >= 11 is 3.41. The number of aryl methyl sites for hydroxylation is 1. The molecule has 6 heteroatoms. The van der Waals surface area contributed by atoms with Gasteiger partial charge in [-0.1, -0.05) is 12.1 Å². The Bertz CT molecular complexity index is 689. The predicted octanol–water partition coefficient (Wildman–Crippen LogP) is 4.54. The first-order chi connectivity index (χ1) is 9.88.